The standard InChI is InChI=1S/C13H17O5P/c1-16-19(15,17-2)9-12(14)13-11-6-4-3-5-10(11)7-8-18-13/h3-6,13H,7-9H2,1-2H3. The Morgan fingerprint density at radius 1 is 1.37 bits per heavy atom. The number of hydrogen-bond acceptors (Lipinski definition) is 5. The van der Waals surface area contributed by atoms with Gasteiger partial charge in [0.2, 0.25) is 0 Å². The smallest absolute Gasteiger partial charge is 0.337 e. The molecule has 1 aromatic rings. The summed E-state index contributed by atoms with van der Waals surface area (Å²) in [7, 11) is -0.803. The molecule has 1 atom stereocenters. The second kappa shape index (κ2) is 5.97. The number of benzene rings is 1. The van der Waals surface area contributed by atoms with Crippen molar-refractivity contribution in [3.05, 3.63) is 35.4 Å². The Labute approximate surface area is 112 Å². The van der Waals surface area contributed by atoms with Crippen molar-refractivity contribution in [1.29, 1.82) is 0 Å². The third-order valence-electron chi connectivity index (χ3n) is 3.19. The predicted octanol–water partition coefficient (Wildman–Crippen LogP) is 2.36. The number of Topliss-reactive ketones (excluding diaryl/α,β-unsaturated/α-hetero) is 1. The van der Waals surface area contributed by atoms with Crippen molar-refractivity contribution in [2.24, 2.45) is 0 Å². The molecule has 0 radical (unpaired) electrons. The molecule has 19 heavy (non-hydrogen) atoms. The van der Waals surface area contributed by atoms with Gasteiger partial charge in [-0.05, 0) is 17.5 Å². The molecule has 6 heteroatoms. The molecule has 0 saturated carbocycles. The minimum Gasteiger partial charge on any atom is -0.365 e. The van der Waals surface area contributed by atoms with Crippen LogP contribution in [0.5, 0.6) is 0 Å². The van der Waals surface area contributed by atoms with Gasteiger partial charge in [0, 0.05) is 14.2 Å². The van der Waals surface area contributed by atoms with Crippen LogP contribution in [-0.4, -0.2) is 32.8 Å². The van der Waals surface area contributed by atoms with E-state index in [4.69, 9.17) is 13.8 Å². The summed E-state index contributed by atoms with van der Waals surface area (Å²) in [6, 6.07) is 7.63. The molecule has 104 valence electrons. The molecule has 0 aromatic heterocycles. The number of carbonyl (C=O) groups is 1. The van der Waals surface area contributed by atoms with Gasteiger partial charge in [0.15, 0.2) is 5.78 Å². The van der Waals surface area contributed by atoms with Gasteiger partial charge in [-0.25, -0.2) is 0 Å². The summed E-state index contributed by atoms with van der Waals surface area (Å²) in [4.78, 5) is 12.2. The van der Waals surface area contributed by atoms with E-state index in [0.717, 1.165) is 17.5 Å². The average molecular weight is 284 g/mol. The van der Waals surface area contributed by atoms with Crippen LogP contribution in [0.3, 0.4) is 0 Å². The fourth-order valence-electron chi connectivity index (χ4n) is 2.14. The minimum absolute atomic E-state index is 0.279. The largest absolute Gasteiger partial charge is 0.365 e. The van der Waals surface area contributed by atoms with Crippen LogP contribution in [0.25, 0.3) is 0 Å². The quantitative estimate of drug-likeness (QED) is 0.777. The molecule has 1 aromatic carbocycles. The van der Waals surface area contributed by atoms with Crippen LogP contribution in [0.2, 0.25) is 0 Å². The van der Waals surface area contributed by atoms with Gasteiger partial charge in [-0.3, -0.25) is 9.36 Å². The number of hydrogen-bond donors (Lipinski definition) is 0. The molecule has 2 rings (SSSR count). The summed E-state index contributed by atoms with van der Waals surface area (Å²) in [6.07, 6.45) is -0.172. The molecule has 0 aliphatic carbocycles. The molecule has 0 N–H and O–H groups in total. The van der Waals surface area contributed by atoms with Gasteiger partial charge >= 0.3 is 7.60 Å². The van der Waals surface area contributed by atoms with Crippen LogP contribution in [0.1, 0.15) is 17.2 Å². The van der Waals surface area contributed by atoms with Crippen molar-refractivity contribution in [1.82, 2.24) is 0 Å². The number of carbonyl (C=O) groups excluding carboxylic acids is 1. The first-order chi connectivity index (χ1) is 9.09. The lowest BCUT2D eigenvalue weighted by molar-refractivity contribution is -0.129. The van der Waals surface area contributed by atoms with Gasteiger partial charge < -0.3 is 13.8 Å². The van der Waals surface area contributed by atoms with Crippen molar-refractivity contribution < 1.29 is 23.1 Å². The Balaban J connectivity index is 2.20. The molecule has 1 aliphatic rings. The second-order valence-corrected chi connectivity index (χ2v) is 6.57. The van der Waals surface area contributed by atoms with Crippen molar-refractivity contribution in [3.8, 4) is 0 Å². The molecule has 0 fully saturated rings. The van der Waals surface area contributed by atoms with E-state index in [1.54, 1.807) is 0 Å². The van der Waals surface area contributed by atoms with E-state index in [9.17, 15) is 9.36 Å². The zero-order valence-electron chi connectivity index (χ0n) is 11.0. The fourth-order valence-corrected chi connectivity index (χ4v) is 3.09. The van der Waals surface area contributed by atoms with Crippen molar-refractivity contribution in [2.45, 2.75) is 12.5 Å². The van der Waals surface area contributed by atoms with Crippen LogP contribution < -0.4 is 0 Å². The van der Waals surface area contributed by atoms with E-state index in [0.29, 0.717) is 6.61 Å². The lowest BCUT2D eigenvalue weighted by atomic mass is 9.96. The van der Waals surface area contributed by atoms with Crippen molar-refractivity contribution in [3.63, 3.8) is 0 Å². The highest BCUT2D eigenvalue weighted by Crippen LogP contribution is 2.47. The Hall–Kier alpha value is -1.00. The van der Waals surface area contributed by atoms with E-state index < -0.39 is 13.7 Å². The monoisotopic (exact) mass is 284 g/mol. The summed E-state index contributed by atoms with van der Waals surface area (Å²) in [5, 5.41) is 0. The maximum Gasteiger partial charge on any atom is 0.337 e. The molecule has 5 nitrogen and oxygen atoms in total. The molecule has 1 aliphatic heterocycles. The molecule has 0 saturated heterocycles. The highest BCUT2D eigenvalue weighted by atomic mass is 31.2. The summed E-state index contributed by atoms with van der Waals surface area (Å²) < 4.78 is 27.1. The van der Waals surface area contributed by atoms with Crippen LogP contribution in [0.4, 0.5) is 0 Å². The minimum atomic E-state index is -3.35. The average Bonchev–Trinajstić information content (AvgIpc) is 2.46. The zero-order chi connectivity index (χ0) is 13.9. The summed E-state index contributed by atoms with van der Waals surface area (Å²) in [5.74, 6) is -0.279. The molecule has 1 unspecified atom stereocenters. The molecular weight excluding hydrogens is 267 g/mol. The SMILES string of the molecule is COP(=O)(CC(=O)C1OCCc2ccccc21)OC. The maximum absolute atomic E-state index is 12.2. The lowest BCUT2D eigenvalue weighted by Crippen LogP contribution is -2.25. The highest BCUT2D eigenvalue weighted by Gasteiger charge is 2.33. The summed E-state index contributed by atoms with van der Waals surface area (Å²) in [6.45, 7) is 0.484. The number of fused-ring (bicyclic) bond motifs is 1. The van der Waals surface area contributed by atoms with Crippen molar-refractivity contribution in [2.75, 3.05) is 27.0 Å². The Morgan fingerprint density at radius 3 is 2.74 bits per heavy atom. The lowest BCUT2D eigenvalue weighted by Gasteiger charge is -2.25. The Morgan fingerprint density at radius 2 is 2.05 bits per heavy atom. The highest BCUT2D eigenvalue weighted by molar-refractivity contribution is 7.54. The van der Waals surface area contributed by atoms with Crippen molar-refractivity contribution >= 4 is 13.4 Å². The van der Waals surface area contributed by atoms with Crippen LogP contribution in [0.15, 0.2) is 24.3 Å². The molecule has 1 heterocycles. The van der Waals surface area contributed by atoms with Gasteiger partial charge in [0.1, 0.15) is 12.3 Å². The third-order valence-corrected chi connectivity index (χ3v) is 5.00. The first kappa shape index (κ1) is 14.4. The predicted molar refractivity (Wildman–Crippen MR) is 70.3 cm³/mol. The first-order valence-corrected chi connectivity index (χ1v) is 7.75. The zero-order valence-corrected chi connectivity index (χ0v) is 11.9. The summed E-state index contributed by atoms with van der Waals surface area (Å²) >= 11 is 0. The molecule has 0 bridgehead atoms. The summed E-state index contributed by atoms with van der Waals surface area (Å²) in [5.41, 5.74) is 1.94. The third kappa shape index (κ3) is 3.12. The van der Waals surface area contributed by atoms with Crippen LogP contribution >= 0.6 is 7.60 Å². The fraction of sp³-hybridized carbons (Fsp3) is 0.462. The van der Waals surface area contributed by atoms with Gasteiger partial charge in [-0.2, -0.15) is 0 Å². The first-order valence-electron chi connectivity index (χ1n) is 6.02. The number of ether oxygens (including phenoxy) is 1. The second-order valence-electron chi connectivity index (χ2n) is 4.30. The van der Waals surface area contributed by atoms with Crippen LogP contribution in [-0.2, 0) is 29.6 Å². The molecule has 0 amide bonds. The van der Waals surface area contributed by atoms with Gasteiger partial charge in [-0.1, -0.05) is 24.3 Å². The van der Waals surface area contributed by atoms with Gasteiger partial charge in [0.05, 0.1) is 6.61 Å². The van der Waals surface area contributed by atoms with Crippen LogP contribution in [0, 0.1) is 0 Å². The topological polar surface area (TPSA) is 61.8 Å². The normalized spacial score (nSPS) is 18.9. The van der Waals surface area contributed by atoms with Gasteiger partial charge in [0.25, 0.3) is 0 Å². The maximum atomic E-state index is 12.2. The Bertz CT molecular complexity index is 506. The van der Waals surface area contributed by atoms with E-state index in [1.807, 2.05) is 24.3 Å². The molecular formula is C13H17O5P. The van der Waals surface area contributed by atoms with Gasteiger partial charge in [-0.15, -0.1) is 0 Å². The van der Waals surface area contributed by atoms with E-state index in [-0.39, 0.29) is 11.9 Å². The van der Waals surface area contributed by atoms with E-state index in [1.165, 1.54) is 14.2 Å². The van der Waals surface area contributed by atoms with E-state index in [2.05, 4.69) is 0 Å². The number of rotatable bonds is 5. The number of ketones is 1. The van der Waals surface area contributed by atoms with E-state index >= 15 is 0 Å². The Kier molecular flexibility index (Phi) is 4.53. The molecule has 0 spiro atoms.